The van der Waals surface area contributed by atoms with E-state index in [0.29, 0.717) is 27.6 Å². The number of rotatable bonds is 3. The third kappa shape index (κ3) is 3.46. The molecule has 17 heavy (non-hydrogen) atoms. The number of hydrogen-bond donors (Lipinski definition) is 1. The zero-order valence-corrected chi connectivity index (χ0v) is 10.9. The van der Waals surface area contributed by atoms with Gasteiger partial charge in [0, 0.05) is 6.54 Å². The molecule has 0 aliphatic carbocycles. The number of benzene rings is 1. The molecule has 0 saturated carbocycles. The molecule has 0 aliphatic heterocycles. The normalized spacial score (nSPS) is 10.3. The van der Waals surface area contributed by atoms with E-state index in [0.717, 1.165) is 5.56 Å². The van der Waals surface area contributed by atoms with E-state index >= 15 is 0 Å². The Morgan fingerprint density at radius 1 is 0.941 bits per heavy atom. The molecule has 2 rings (SSSR count). The van der Waals surface area contributed by atoms with Gasteiger partial charge in [-0.1, -0.05) is 40.9 Å². The third-order valence-electron chi connectivity index (χ3n) is 2.09. The minimum Gasteiger partial charge on any atom is -0.365 e. The van der Waals surface area contributed by atoms with E-state index in [-0.39, 0.29) is 0 Å². The first kappa shape index (κ1) is 12.4. The van der Waals surface area contributed by atoms with Crippen molar-refractivity contribution < 1.29 is 0 Å². The second-order valence-corrected chi connectivity index (χ2v) is 4.54. The van der Waals surface area contributed by atoms with Gasteiger partial charge in [0.15, 0.2) is 5.15 Å². The van der Waals surface area contributed by atoms with Crippen LogP contribution in [-0.4, -0.2) is 10.2 Å². The van der Waals surface area contributed by atoms with Crippen LogP contribution in [0.3, 0.4) is 0 Å². The average Bonchev–Trinajstić information content (AvgIpc) is 2.33. The lowest BCUT2D eigenvalue weighted by Gasteiger charge is -2.05. The van der Waals surface area contributed by atoms with Crippen molar-refractivity contribution in [3.05, 3.63) is 51.1 Å². The van der Waals surface area contributed by atoms with Crippen LogP contribution in [0.5, 0.6) is 0 Å². The molecule has 6 heteroatoms. The lowest BCUT2D eigenvalue weighted by Crippen LogP contribution is -2.02. The second-order valence-electron chi connectivity index (χ2n) is 3.34. The SMILES string of the molecule is Clc1ccc(NCc2ccc(Cl)c(Cl)c2)nn1. The van der Waals surface area contributed by atoms with Crippen LogP contribution in [0.1, 0.15) is 5.56 Å². The maximum absolute atomic E-state index is 5.91. The summed E-state index contributed by atoms with van der Waals surface area (Å²) in [6.07, 6.45) is 0. The van der Waals surface area contributed by atoms with Crippen LogP contribution in [0.25, 0.3) is 0 Å². The summed E-state index contributed by atoms with van der Waals surface area (Å²) in [5.74, 6) is 0.653. The van der Waals surface area contributed by atoms with Crippen molar-refractivity contribution in [2.24, 2.45) is 0 Å². The minimum atomic E-state index is 0.366. The maximum atomic E-state index is 5.91. The molecule has 1 N–H and O–H groups in total. The van der Waals surface area contributed by atoms with Gasteiger partial charge in [-0.3, -0.25) is 0 Å². The van der Waals surface area contributed by atoms with Gasteiger partial charge in [-0.05, 0) is 29.8 Å². The van der Waals surface area contributed by atoms with Gasteiger partial charge in [-0.15, -0.1) is 10.2 Å². The lowest BCUT2D eigenvalue weighted by molar-refractivity contribution is 1.00. The molecule has 2 aromatic rings. The van der Waals surface area contributed by atoms with E-state index in [1.54, 1.807) is 24.3 Å². The van der Waals surface area contributed by atoms with E-state index in [9.17, 15) is 0 Å². The van der Waals surface area contributed by atoms with E-state index in [2.05, 4.69) is 15.5 Å². The molecule has 88 valence electrons. The first-order valence-corrected chi connectivity index (χ1v) is 5.95. The van der Waals surface area contributed by atoms with E-state index in [1.807, 2.05) is 6.07 Å². The molecule has 0 radical (unpaired) electrons. The smallest absolute Gasteiger partial charge is 0.151 e. The molecular weight excluding hydrogens is 281 g/mol. The van der Waals surface area contributed by atoms with Crippen molar-refractivity contribution in [1.29, 1.82) is 0 Å². The molecule has 0 fully saturated rings. The van der Waals surface area contributed by atoms with Gasteiger partial charge in [-0.25, -0.2) is 0 Å². The summed E-state index contributed by atoms with van der Waals surface area (Å²) in [6.45, 7) is 0.590. The van der Waals surface area contributed by atoms with Gasteiger partial charge in [0.2, 0.25) is 0 Å². The number of halogens is 3. The molecule has 0 amide bonds. The summed E-state index contributed by atoms with van der Waals surface area (Å²) in [4.78, 5) is 0. The summed E-state index contributed by atoms with van der Waals surface area (Å²) in [7, 11) is 0. The van der Waals surface area contributed by atoms with Crippen molar-refractivity contribution in [3.8, 4) is 0 Å². The van der Waals surface area contributed by atoms with Crippen molar-refractivity contribution in [2.45, 2.75) is 6.54 Å². The lowest BCUT2D eigenvalue weighted by atomic mass is 10.2. The third-order valence-corrected chi connectivity index (χ3v) is 3.03. The van der Waals surface area contributed by atoms with Crippen LogP contribution in [0.4, 0.5) is 5.82 Å². The quantitative estimate of drug-likeness (QED) is 0.926. The molecule has 0 atom stereocenters. The Balaban J connectivity index is 2.02. The van der Waals surface area contributed by atoms with Gasteiger partial charge in [0.05, 0.1) is 10.0 Å². The number of anilines is 1. The molecule has 0 unspecified atom stereocenters. The zero-order chi connectivity index (χ0) is 12.3. The number of nitrogens with one attached hydrogen (secondary N) is 1. The van der Waals surface area contributed by atoms with E-state index in [4.69, 9.17) is 34.8 Å². The fourth-order valence-corrected chi connectivity index (χ4v) is 1.67. The van der Waals surface area contributed by atoms with Crippen LogP contribution >= 0.6 is 34.8 Å². The van der Waals surface area contributed by atoms with Crippen LogP contribution in [0.15, 0.2) is 30.3 Å². The Bertz CT molecular complexity index is 514. The van der Waals surface area contributed by atoms with Crippen LogP contribution < -0.4 is 5.32 Å². The molecule has 0 aliphatic rings. The van der Waals surface area contributed by atoms with Crippen molar-refractivity contribution in [2.75, 3.05) is 5.32 Å². The van der Waals surface area contributed by atoms with Gasteiger partial charge < -0.3 is 5.32 Å². The first-order chi connectivity index (χ1) is 8.15. The Morgan fingerprint density at radius 3 is 2.41 bits per heavy atom. The molecule has 0 bridgehead atoms. The molecule has 1 heterocycles. The second kappa shape index (κ2) is 5.54. The summed E-state index contributed by atoms with van der Waals surface area (Å²) in [5.41, 5.74) is 1.01. The zero-order valence-electron chi connectivity index (χ0n) is 8.62. The summed E-state index contributed by atoms with van der Waals surface area (Å²) in [6, 6.07) is 8.89. The van der Waals surface area contributed by atoms with Crippen molar-refractivity contribution >= 4 is 40.6 Å². The molecule has 1 aromatic heterocycles. The maximum Gasteiger partial charge on any atom is 0.151 e. The van der Waals surface area contributed by atoms with Crippen molar-refractivity contribution in [1.82, 2.24) is 10.2 Å². The van der Waals surface area contributed by atoms with Crippen LogP contribution in [0, 0.1) is 0 Å². The van der Waals surface area contributed by atoms with E-state index < -0.39 is 0 Å². The molecule has 0 spiro atoms. The molecule has 0 saturated heterocycles. The highest BCUT2D eigenvalue weighted by Crippen LogP contribution is 2.22. The summed E-state index contributed by atoms with van der Waals surface area (Å²) < 4.78 is 0. The fourth-order valence-electron chi connectivity index (χ4n) is 1.25. The number of nitrogens with zero attached hydrogens (tertiary/aromatic N) is 2. The molecular formula is C11H8Cl3N3. The van der Waals surface area contributed by atoms with Gasteiger partial charge >= 0.3 is 0 Å². The van der Waals surface area contributed by atoms with Crippen LogP contribution in [-0.2, 0) is 6.54 Å². The average molecular weight is 289 g/mol. The topological polar surface area (TPSA) is 37.8 Å². The standard InChI is InChI=1S/C11H8Cl3N3/c12-8-2-1-7(5-9(8)13)6-15-11-4-3-10(14)16-17-11/h1-5H,6H2,(H,15,17). The largest absolute Gasteiger partial charge is 0.365 e. The van der Waals surface area contributed by atoms with Crippen LogP contribution in [0.2, 0.25) is 15.2 Å². The monoisotopic (exact) mass is 287 g/mol. The van der Waals surface area contributed by atoms with Gasteiger partial charge in [-0.2, -0.15) is 0 Å². The molecule has 1 aromatic carbocycles. The highest BCUT2D eigenvalue weighted by atomic mass is 35.5. The first-order valence-electron chi connectivity index (χ1n) is 4.82. The Labute approximate surface area is 114 Å². The molecule has 3 nitrogen and oxygen atoms in total. The summed E-state index contributed by atoms with van der Waals surface area (Å²) in [5, 5.41) is 12.2. The predicted molar refractivity (Wildman–Crippen MR) is 70.8 cm³/mol. The Hall–Kier alpha value is -1.03. The Kier molecular flexibility index (Phi) is 4.05. The van der Waals surface area contributed by atoms with Gasteiger partial charge in [0.1, 0.15) is 5.82 Å². The highest BCUT2D eigenvalue weighted by molar-refractivity contribution is 6.42. The Morgan fingerprint density at radius 2 is 1.76 bits per heavy atom. The fraction of sp³-hybridized carbons (Fsp3) is 0.0909. The van der Waals surface area contributed by atoms with Crippen molar-refractivity contribution in [3.63, 3.8) is 0 Å². The summed E-state index contributed by atoms with van der Waals surface area (Å²) >= 11 is 17.4. The predicted octanol–water partition coefficient (Wildman–Crippen LogP) is 4.05. The number of aromatic nitrogens is 2. The van der Waals surface area contributed by atoms with E-state index in [1.165, 1.54) is 0 Å². The highest BCUT2D eigenvalue weighted by Gasteiger charge is 2.00. The van der Waals surface area contributed by atoms with Gasteiger partial charge in [0.25, 0.3) is 0 Å². The minimum absolute atomic E-state index is 0.366. The number of hydrogen-bond acceptors (Lipinski definition) is 3.